The van der Waals surface area contributed by atoms with Gasteiger partial charge in [-0.2, -0.15) is 0 Å². The van der Waals surface area contributed by atoms with Crippen LogP contribution in [-0.2, 0) is 0 Å². The van der Waals surface area contributed by atoms with Gasteiger partial charge in [0.25, 0.3) is 0 Å². The Kier molecular flexibility index (Phi) is 3.58. The zero-order valence-electron chi connectivity index (χ0n) is 6.76. The predicted octanol–water partition coefficient (Wildman–Crippen LogP) is 3.28. The lowest BCUT2D eigenvalue weighted by atomic mass is 10.1. The lowest BCUT2D eigenvalue weighted by Crippen LogP contribution is -2.34. The van der Waals surface area contributed by atoms with Gasteiger partial charge < -0.3 is 5.32 Å². The van der Waals surface area contributed by atoms with E-state index < -0.39 is 0 Å². The van der Waals surface area contributed by atoms with Gasteiger partial charge in [-0.25, -0.2) is 0 Å². The van der Waals surface area contributed by atoms with Gasteiger partial charge in [-0.15, -0.1) is 23.7 Å². The van der Waals surface area contributed by atoms with E-state index in [2.05, 4.69) is 34.2 Å². The number of hydrogen-bond acceptors (Lipinski definition) is 2. The summed E-state index contributed by atoms with van der Waals surface area (Å²) in [6, 6.07) is 2.91. The Balaban J connectivity index is 0.000000720. The maximum absolute atomic E-state index is 3.53. The van der Waals surface area contributed by atoms with Gasteiger partial charge in [-0.1, -0.05) is 0 Å². The fraction of sp³-hybridized carbons (Fsp3) is 0.500. The van der Waals surface area contributed by atoms with Crippen LogP contribution in [0.25, 0.3) is 0 Å². The molecule has 0 radical (unpaired) electrons. The molecule has 68 valence electrons. The molecule has 4 heteroatoms. The maximum Gasteiger partial charge on any atom is 0.0731 e. The van der Waals surface area contributed by atoms with Crippen molar-refractivity contribution in [2.24, 2.45) is 0 Å². The lowest BCUT2D eigenvalue weighted by Gasteiger charge is -2.26. The third-order valence-corrected chi connectivity index (χ3v) is 4.29. The zero-order chi connectivity index (χ0) is 7.84. The molecule has 0 bridgehead atoms. The van der Waals surface area contributed by atoms with Crippen LogP contribution in [-0.4, -0.2) is 6.54 Å². The summed E-state index contributed by atoms with van der Waals surface area (Å²) < 4.78 is 1.28. The number of aryl methyl sites for hydroxylation is 1. The monoisotopic (exact) mass is 267 g/mol. The average Bonchev–Trinajstić information content (AvgIpc) is 2.08. The van der Waals surface area contributed by atoms with E-state index in [0.717, 1.165) is 0 Å². The average molecular weight is 269 g/mol. The second-order valence-electron chi connectivity index (χ2n) is 2.90. The molecule has 2 rings (SSSR count). The molecule has 1 fully saturated rings. The molecule has 1 nitrogen and oxygen atoms in total. The summed E-state index contributed by atoms with van der Waals surface area (Å²) in [6.07, 6.45) is 1.30. The fourth-order valence-corrected chi connectivity index (χ4v) is 2.87. The maximum atomic E-state index is 3.53. The standard InChI is InChI=1S/C8H10BrNS.ClH/c1-5-4-7(11-8(5)9)6-2-3-10-6;/h4,6,10H,2-3H2,1H3;1H/t6-;/m0./s1. The molecule has 1 aromatic heterocycles. The smallest absolute Gasteiger partial charge is 0.0731 e. The molecule has 2 heterocycles. The topological polar surface area (TPSA) is 12.0 Å². The third kappa shape index (κ3) is 1.84. The van der Waals surface area contributed by atoms with Gasteiger partial charge in [-0.3, -0.25) is 0 Å². The summed E-state index contributed by atoms with van der Waals surface area (Å²) in [5.41, 5.74) is 1.36. The van der Waals surface area contributed by atoms with Crippen LogP contribution in [0.1, 0.15) is 22.9 Å². The second kappa shape index (κ2) is 4.09. The van der Waals surface area contributed by atoms with Crippen LogP contribution in [0.4, 0.5) is 0 Å². The molecule has 1 aromatic rings. The van der Waals surface area contributed by atoms with Crippen LogP contribution < -0.4 is 5.32 Å². The van der Waals surface area contributed by atoms with Crippen LogP contribution in [0.5, 0.6) is 0 Å². The molecule has 12 heavy (non-hydrogen) atoms. The number of hydrogen-bond donors (Lipinski definition) is 1. The van der Waals surface area contributed by atoms with Gasteiger partial charge >= 0.3 is 0 Å². The minimum atomic E-state index is 0. The molecule has 1 aliphatic heterocycles. The first-order valence-electron chi connectivity index (χ1n) is 3.76. The Morgan fingerprint density at radius 3 is 2.67 bits per heavy atom. The van der Waals surface area contributed by atoms with Crippen LogP contribution >= 0.6 is 39.7 Å². The largest absolute Gasteiger partial charge is 0.309 e. The van der Waals surface area contributed by atoms with E-state index in [4.69, 9.17) is 0 Å². The highest BCUT2D eigenvalue weighted by Gasteiger charge is 2.20. The Bertz CT molecular complexity index is 251. The van der Waals surface area contributed by atoms with Gasteiger partial charge in [0.1, 0.15) is 0 Å². The zero-order valence-corrected chi connectivity index (χ0v) is 9.98. The molecule has 1 N–H and O–H groups in total. The number of thiophene rings is 1. The summed E-state index contributed by atoms with van der Waals surface area (Å²) in [6.45, 7) is 3.32. The van der Waals surface area contributed by atoms with Gasteiger partial charge in [0.05, 0.1) is 3.79 Å². The van der Waals surface area contributed by atoms with Crippen LogP contribution in [0.3, 0.4) is 0 Å². The Hall–Kier alpha value is 0.430. The molecule has 0 unspecified atom stereocenters. The first-order valence-corrected chi connectivity index (χ1v) is 5.37. The minimum Gasteiger partial charge on any atom is -0.309 e. The van der Waals surface area contributed by atoms with Crippen LogP contribution in [0.15, 0.2) is 9.85 Å². The quantitative estimate of drug-likeness (QED) is 0.824. The molecule has 0 aliphatic carbocycles. The molecular weight excluding hydrogens is 258 g/mol. The highest BCUT2D eigenvalue weighted by Crippen LogP contribution is 2.34. The summed E-state index contributed by atoms with van der Waals surface area (Å²) in [5.74, 6) is 0. The van der Waals surface area contributed by atoms with E-state index in [9.17, 15) is 0 Å². The van der Waals surface area contributed by atoms with Crippen LogP contribution in [0, 0.1) is 6.92 Å². The fourth-order valence-electron chi connectivity index (χ4n) is 1.19. The normalized spacial score (nSPS) is 21.3. The van der Waals surface area contributed by atoms with Crippen molar-refractivity contribution < 1.29 is 0 Å². The third-order valence-electron chi connectivity index (χ3n) is 2.04. The molecule has 0 saturated carbocycles. The predicted molar refractivity (Wildman–Crippen MR) is 59.4 cm³/mol. The van der Waals surface area contributed by atoms with Gasteiger partial charge in [0, 0.05) is 10.9 Å². The van der Waals surface area contributed by atoms with Crippen molar-refractivity contribution in [2.75, 3.05) is 6.54 Å². The molecule has 0 amide bonds. The number of nitrogens with one attached hydrogen (secondary N) is 1. The first kappa shape index (κ1) is 10.5. The van der Waals surface area contributed by atoms with E-state index >= 15 is 0 Å². The summed E-state index contributed by atoms with van der Waals surface area (Å²) >= 11 is 5.38. The molecular formula is C8H11BrClNS. The molecule has 1 saturated heterocycles. The van der Waals surface area contributed by atoms with E-state index in [1.54, 1.807) is 0 Å². The van der Waals surface area contributed by atoms with Crippen molar-refractivity contribution in [1.29, 1.82) is 0 Å². The van der Waals surface area contributed by atoms with Crippen molar-refractivity contribution in [3.8, 4) is 0 Å². The summed E-state index contributed by atoms with van der Waals surface area (Å²) in [4.78, 5) is 1.47. The van der Waals surface area contributed by atoms with E-state index in [1.165, 1.54) is 27.2 Å². The number of rotatable bonds is 1. The SMILES string of the molecule is Cc1cc([C@@H]2CCN2)sc1Br.Cl. The summed E-state index contributed by atoms with van der Waals surface area (Å²) in [7, 11) is 0. The second-order valence-corrected chi connectivity index (χ2v) is 5.30. The van der Waals surface area contributed by atoms with E-state index in [1.807, 2.05) is 11.3 Å². The van der Waals surface area contributed by atoms with Crippen molar-refractivity contribution >= 4 is 39.7 Å². The van der Waals surface area contributed by atoms with E-state index in [0.29, 0.717) is 6.04 Å². The lowest BCUT2D eigenvalue weighted by molar-refractivity contribution is 0.389. The number of halogens is 2. The first-order chi connectivity index (χ1) is 5.27. The van der Waals surface area contributed by atoms with Crippen molar-refractivity contribution in [3.63, 3.8) is 0 Å². The molecule has 0 spiro atoms. The van der Waals surface area contributed by atoms with Gasteiger partial charge in [0.15, 0.2) is 0 Å². The molecule has 0 aromatic carbocycles. The summed E-state index contributed by atoms with van der Waals surface area (Å²) in [5, 5.41) is 3.39. The van der Waals surface area contributed by atoms with Crippen LogP contribution in [0.2, 0.25) is 0 Å². The van der Waals surface area contributed by atoms with Crippen molar-refractivity contribution in [3.05, 3.63) is 20.3 Å². The van der Waals surface area contributed by atoms with Gasteiger partial charge in [0.2, 0.25) is 0 Å². The highest BCUT2D eigenvalue weighted by molar-refractivity contribution is 9.11. The van der Waals surface area contributed by atoms with Crippen molar-refractivity contribution in [1.82, 2.24) is 5.32 Å². The molecule has 1 atom stereocenters. The molecule has 1 aliphatic rings. The Morgan fingerprint density at radius 1 is 1.67 bits per heavy atom. The van der Waals surface area contributed by atoms with Crippen molar-refractivity contribution in [2.45, 2.75) is 19.4 Å². The Morgan fingerprint density at radius 2 is 2.33 bits per heavy atom. The van der Waals surface area contributed by atoms with E-state index in [-0.39, 0.29) is 12.4 Å². The Labute approximate surface area is 91.1 Å². The minimum absolute atomic E-state index is 0. The van der Waals surface area contributed by atoms with Gasteiger partial charge in [-0.05, 0) is 47.4 Å². The highest BCUT2D eigenvalue weighted by atomic mass is 79.9.